The highest BCUT2D eigenvalue weighted by Crippen LogP contribution is 2.27. The van der Waals surface area contributed by atoms with Crippen molar-refractivity contribution in [3.8, 4) is 0 Å². The van der Waals surface area contributed by atoms with Crippen LogP contribution in [-0.4, -0.2) is 30.6 Å². The lowest BCUT2D eigenvalue weighted by atomic mass is 9.88. The van der Waals surface area contributed by atoms with E-state index in [-0.39, 0.29) is 0 Å². The van der Waals surface area contributed by atoms with Gasteiger partial charge < -0.3 is 10.6 Å². The molecule has 1 saturated heterocycles. The predicted octanol–water partition coefficient (Wildman–Crippen LogP) is 3.53. The summed E-state index contributed by atoms with van der Waals surface area (Å²) < 4.78 is 0. The quantitative estimate of drug-likeness (QED) is 0.910. The van der Waals surface area contributed by atoms with Crippen LogP contribution >= 0.6 is 0 Å². The van der Waals surface area contributed by atoms with Gasteiger partial charge in [-0.2, -0.15) is 0 Å². The minimum Gasteiger partial charge on any atom is -0.330 e. The summed E-state index contributed by atoms with van der Waals surface area (Å²) in [5.41, 5.74) is 11.8. The molecule has 0 aliphatic carbocycles. The van der Waals surface area contributed by atoms with Crippen molar-refractivity contribution in [1.29, 1.82) is 0 Å². The highest BCUT2D eigenvalue weighted by molar-refractivity contribution is 5.40. The Balaban J connectivity index is 2.20. The minimum absolute atomic E-state index is 0.469. The highest BCUT2D eigenvalue weighted by atomic mass is 15.2. The maximum absolute atomic E-state index is 6.12. The first kappa shape index (κ1) is 15.5. The number of nitrogens with two attached hydrogens (primary N) is 1. The molecule has 112 valence electrons. The molecule has 1 fully saturated rings. The average molecular weight is 274 g/mol. The molecule has 0 spiro atoms. The predicted molar refractivity (Wildman–Crippen MR) is 87.3 cm³/mol. The summed E-state index contributed by atoms with van der Waals surface area (Å²) in [7, 11) is 0. The fourth-order valence-corrected chi connectivity index (χ4v) is 3.83. The molecule has 2 heteroatoms. The van der Waals surface area contributed by atoms with Crippen LogP contribution in [0, 0.1) is 20.8 Å². The fourth-order valence-electron chi connectivity index (χ4n) is 3.83. The number of hydrogen-bond acceptors (Lipinski definition) is 2. The van der Waals surface area contributed by atoms with E-state index < -0.39 is 0 Å². The molecule has 1 aliphatic heterocycles. The monoisotopic (exact) mass is 274 g/mol. The van der Waals surface area contributed by atoms with Crippen molar-refractivity contribution < 1.29 is 0 Å². The van der Waals surface area contributed by atoms with E-state index in [1.807, 2.05) is 0 Å². The van der Waals surface area contributed by atoms with Gasteiger partial charge in [0, 0.05) is 25.0 Å². The van der Waals surface area contributed by atoms with E-state index in [9.17, 15) is 0 Å². The molecule has 1 aromatic rings. The standard InChI is InChI=1S/C18H30N2/c1-13-9-14(2)18(15(3)10-13)17(11-19)12-20-8-6-5-7-16(20)4/h9-10,16-17H,5-8,11-12,19H2,1-4H3. The number of piperidine rings is 1. The SMILES string of the molecule is Cc1cc(C)c(C(CN)CN2CCCCC2C)c(C)c1. The summed E-state index contributed by atoms with van der Waals surface area (Å²) >= 11 is 0. The van der Waals surface area contributed by atoms with Gasteiger partial charge in [0.05, 0.1) is 0 Å². The van der Waals surface area contributed by atoms with Gasteiger partial charge in [-0.15, -0.1) is 0 Å². The maximum atomic E-state index is 6.12. The first-order valence-electron chi connectivity index (χ1n) is 8.04. The van der Waals surface area contributed by atoms with Crippen molar-refractivity contribution in [2.75, 3.05) is 19.6 Å². The van der Waals surface area contributed by atoms with E-state index >= 15 is 0 Å². The molecule has 20 heavy (non-hydrogen) atoms. The number of benzene rings is 1. The third-order valence-electron chi connectivity index (χ3n) is 4.83. The minimum atomic E-state index is 0.469. The zero-order chi connectivity index (χ0) is 14.7. The Morgan fingerprint density at radius 2 is 1.85 bits per heavy atom. The van der Waals surface area contributed by atoms with E-state index in [0.717, 1.165) is 13.1 Å². The number of hydrogen-bond donors (Lipinski definition) is 1. The molecular formula is C18H30N2. The molecular weight excluding hydrogens is 244 g/mol. The first-order chi connectivity index (χ1) is 9.52. The number of likely N-dealkylation sites (tertiary alicyclic amines) is 1. The Bertz CT molecular complexity index is 430. The largest absolute Gasteiger partial charge is 0.330 e. The topological polar surface area (TPSA) is 29.3 Å². The van der Waals surface area contributed by atoms with Gasteiger partial charge in [0.1, 0.15) is 0 Å². The van der Waals surface area contributed by atoms with E-state index in [2.05, 4.69) is 44.7 Å². The van der Waals surface area contributed by atoms with Gasteiger partial charge in [-0.3, -0.25) is 0 Å². The van der Waals surface area contributed by atoms with Crippen LogP contribution in [0.2, 0.25) is 0 Å². The Morgan fingerprint density at radius 1 is 1.20 bits per heavy atom. The molecule has 2 nitrogen and oxygen atoms in total. The molecule has 0 saturated carbocycles. The van der Waals surface area contributed by atoms with Crippen molar-refractivity contribution in [1.82, 2.24) is 4.90 Å². The van der Waals surface area contributed by atoms with Crippen LogP contribution in [0.3, 0.4) is 0 Å². The van der Waals surface area contributed by atoms with Crippen molar-refractivity contribution in [3.05, 3.63) is 34.4 Å². The molecule has 0 amide bonds. The smallest absolute Gasteiger partial charge is 0.00942 e. The Labute approximate surface area is 124 Å². The molecule has 1 aromatic carbocycles. The molecule has 0 aromatic heterocycles. The van der Waals surface area contributed by atoms with Gasteiger partial charge in [-0.1, -0.05) is 24.1 Å². The zero-order valence-electron chi connectivity index (χ0n) is 13.6. The third kappa shape index (κ3) is 3.42. The highest BCUT2D eigenvalue weighted by Gasteiger charge is 2.23. The summed E-state index contributed by atoms with van der Waals surface area (Å²) in [5.74, 6) is 0.469. The Morgan fingerprint density at radius 3 is 2.40 bits per heavy atom. The second-order valence-corrected chi connectivity index (χ2v) is 6.58. The first-order valence-corrected chi connectivity index (χ1v) is 8.04. The van der Waals surface area contributed by atoms with Crippen LogP contribution in [0.5, 0.6) is 0 Å². The third-order valence-corrected chi connectivity index (χ3v) is 4.83. The van der Waals surface area contributed by atoms with Gasteiger partial charge >= 0.3 is 0 Å². The molecule has 0 bridgehead atoms. The maximum Gasteiger partial charge on any atom is 0.00942 e. The van der Waals surface area contributed by atoms with Crippen molar-refractivity contribution in [3.63, 3.8) is 0 Å². The second kappa shape index (κ2) is 6.73. The van der Waals surface area contributed by atoms with Crippen LogP contribution in [0.15, 0.2) is 12.1 Å². The summed E-state index contributed by atoms with van der Waals surface area (Å²) in [4.78, 5) is 2.64. The van der Waals surface area contributed by atoms with Gasteiger partial charge in [0.15, 0.2) is 0 Å². The average Bonchev–Trinajstić information content (AvgIpc) is 2.38. The molecule has 2 unspecified atom stereocenters. The summed E-state index contributed by atoms with van der Waals surface area (Å²) in [6.07, 6.45) is 4.06. The van der Waals surface area contributed by atoms with E-state index in [1.54, 1.807) is 0 Å². The van der Waals surface area contributed by atoms with Crippen LogP contribution in [-0.2, 0) is 0 Å². The van der Waals surface area contributed by atoms with Gasteiger partial charge in [0.2, 0.25) is 0 Å². The Kier molecular flexibility index (Phi) is 5.22. The fraction of sp³-hybridized carbons (Fsp3) is 0.667. The normalized spacial score (nSPS) is 21.9. The number of nitrogens with zero attached hydrogens (tertiary/aromatic N) is 1. The second-order valence-electron chi connectivity index (χ2n) is 6.58. The summed E-state index contributed by atoms with van der Waals surface area (Å²) in [5, 5.41) is 0. The Hall–Kier alpha value is -0.860. The molecule has 2 rings (SSSR count). The van der Waals surface area contributed by atoms with Crippen molar-refractivity contribution in [2.45, 2.75) is 58.9 Å². The van der Waals surface area contributed by atoms with E-state index in [1.165, 1.54) is 48.1 Å². The van der Waals surface area contributed by atoms with Crippen LogP contribution < -0.4 is 5.73 Å². The number of rotatable bonds is 4. The van der Waals surface area contributed by atoms with Crippen molar-refractivity contribution >= 4 is 0 Å². The lowest BCUT2D eigenvalue weighted by Crippen LogP contribution is -2.41. The summed E-state index contributed by atoms with van der Waals surface area (Å²) in [6.45, 7) is 12.1. The van der Waals surface area contributed by atoms with E-state index in [0.29, 0.717) is 12.0 Å². The number of aryl methyl sites for hydroxylation is 3. The van der Waals surface area contributed by atoms with Crippen LogP contribution in [0.4, 0.5) is 0 Å². The zero-order valence-corrected chi connectivity index (χ0v) is 13.6. The van der Waals surface area contributed by atoms with Crippen LogP contribution in [0.25, 0.3) is 0 Å². The van der Waals surface area contributed by atoms with Crippen LogP contribution in [0.1, 0.15) is 54.4 Å². The summed E-state index contributed by atoms with van der Waals surface area (Å²) in [6, 6.07) is 5.30. The lowest BCUT2D eigenvalue weighted by molar-refractivity contribution is 0.151. The van der Waals surface area contributed by atoms with Gasteiger partial charge in [0.25, 0.3) is 0 Å². The van der Waals surface area contributed by atoms with Gasteiger partial charge in [-0.25, -0.2) is 0 Å². The van der Waals surface area contributed by atoms with Gasteiger partial charge in [-0.05, 0) is 63.8 Å². The lowest BCUT2D eigenvalue weighted by Gasteiger charge is -2.36. The molecule has 2 N–H and O–H groups in total. The van der Waals surface area contributed by atoms with E-state index in [4.69, 9.17) is 5.73 Å². The molecule has 1 aliphatic rings. The molecule has 2 atom stereocenters. The molecule has 1 heterocycles. The molecule has 0 radical (unpaired) electrons. The van der Waals surface area contributed by atoms with Crippen molar-refractivity contribution in [2.24, 2.45) is 5.73 Å².